The van der Waals surface area contributed by atoms with Crippen LogP contribution in [-0.2, 0) is 25.5 Å². The molecule has 0 radical (unpaired) electrons. The third-order valence-corrected chi connectivity index (χ3v) is 41.6. The summed E-state index contributed by atoms with van der Waals surface area (Å²) in [5, 5.41) is 6.64. The van der Waals surface area contributed by atoms with Crippen molar-refractivity contribution in [3.8, 4) is 22.3 Å². The summed E-state index contributed by atoms with van der Waals surface area (Å²) in [6, 6.07) is 21.9. The molecule has 8 heteroatoms. The van der Waals surface area contributed by atoms with Crippen LogP contribution in [0.5, 0.6) is 0 Å². The minimum absolute atomic E-state index is 0.205. The molecule has 4 nitrogen and oxygen atoms in total. The Bertz CT molecular complexity index is 2250. The van der Waals surface area contributed by atoms with Gasteiger partial charge in [-0.2, -0.15) is 0 Å². The second-order valence-corrected chi connectivity index (χ2v) is 49.5. The molecule has 0 saturated heterocycles. The van der Waals surface area contributed by atoms with Crippen molar-refractivity contribution < 1.29 is 25.5 Å². The topological polar surface area (TPSA) is 58.2 Å². The van der Waals surface area contributed by atoms with Crippen molar-refractivity contribution >= 4 is 45.7 Å². The van der Waals surface area contributed by atoms with Crippen molar-refractivity contribution in [2.75, 3.05) is 0 Å². The van der Waals surface area contributed by atoms with Crippen molar-refractivity contribution in [3.05, 3.63) is 127 Å². The number of rotatable bonds is 9. The fourth-order valence-corrected chi connectivity index (χ4v) is 39.9. The van der Waals surface area contributed by atoms with Gasteiger partial charge in [0.05, 0.1) is 0 Å². The van der Waals surface area contributed by atoms with Crippen LogP contribution in [0.3, 0.4) is 0 Å². The molecule has 0 aromatic heterocycles. The number of allylic oxidation sites excluding steroid dienone is 2. The molecule has 0 saturated carbocycles. The van der Waals surface area contributed by atoms with Crippen LogP contribution in [0.15, 0.2) is 71.8 Å². The molecule has 2 aliphatic rings. The van der Waals surface area contributed by atoms with Crippen LogP contribution in [-0.4, -0.2) is 16.4 Å². The Morgan fingerprint density at radius 2 is 0.931 bits per heavy atom. The molecule has 2 aliphatic carbocycles. The van der Waals surface area contributed by atoms with E-state index in [-0.39, 0.29) is 35.5 Å². The number of carbonyl (C=O) groups excluding carboxylic acids is 2. The first-order chi connectivity index (χ1) is 27.0. The summed E-state index contributed by atoms with van der Waals surface area (Å²) >= 11 is -6.35. The van der Waals surface area contributed by atoms with Crippen molar-refractivity contribution in [1.29, 1.82) is 0 Å². The standard InChI is InChI=1S/2C22H25.C6H11BN2O2.2ClH.Hf/c2*1-14-10-11-19(16(3)15(14)2)20-9-7-8-17-12-18(13-21(17)20)22(4,5)6;1-3-5(10)8-7-9-6(11)4-2;;;/h2*7-13H,1-6H3;3-4H2,1-2H3,(H-,8,9,10,11);2*1H;/q;;;;;+1/p-1. The van der Waals surface area contributed by atoms with Crippen LogP contribution in [0.1, 0.15) is 131 Å². The first-order valence-electron chi connectivity index (χ1n) is 21.0. The molecule has 2 atom stereocenters. The first-order valence-corrected chi connectivity index (χ1v) is 36.1. The quantitative estimate of drug-likeness (QED) is 0.164. The first kappa shape index (κ1) is 44.4. The second kappa shape index (κ2) is 15.7. The summed E-state index contributed by atoms with van der Waals surface area (Å²) < 4.78 is -1.91. The Morgan fingerprint density at radius 3 is 1.26 bits per heavy atom. The molecule has 2 amide bonds. The minimum atomic E-state index is -6.35. The van der Waals surface area contributed by atoms with Crippen molar-refractivity contribution in [3.63, 3.8) is 0 Å². The summed E-state index contributed by atoms with van der Waals surface area (Å²) in [4.78, 5) is 27.7. The van der Waals surface area contributed by atoms with Gasteiger partial charge in [-0.25, -0.2) is 0 Å². The molecule has 58 heavy (non-hydrogen) atoms. The third kappa shape index (κ3) is 7.36. The molecular weight excluding hydrogens is 921 g/mol. The Balaban J connectivity index is 1.78. The molecule has 6 rings (SSSR count). The van der Waals surface area contributed by atoms with Crippen LogP contribution in [0.2, 0.25) is 0 Å². The molecule has 0 spiro atoms. The van der Waals surface area contributed by atoms with Crippen molar-refractivity contribution in [1.82, 2.24) is 10.5 Å². The van der Waals surface area contributed by atoms with Gasteiger partial charge in [-0.15, -0.1) is 0 Å². The molecule has 0 fully saturated rings. The number of nitrogens with one attached hydrogen (secondary N) is 2. The number of hydrogen-bond acceptors (Lipinski definition) is 2. The molecular formula is C50H62BCl2HfN2O2. The van der Waals surface area contributed by atoms with E-state index >= 15 is 0 Å². The van der Waals surface area contributed by atoms with Gasteiger partial charge in [0.2, 0.25) is 0 Å². The average Bonchev–Trinajstić information content (AvgIpc) is 3.78. The van der Waals surface area contributed by atoms with Gasteiger partial charge in [0.1, 0.15) is 0 Å². The monoisotopic (exact) mass is 983 g/mol. The number of fused-ring (bicyclic) bond motifs is 2. The molecule has 4 aromatic rings. The Morgan fingerprint density at radius 1 is 0.569 bits per heavy atom. The number of aryl methyl sites for hydroxylation is 2. The normalized spacial score (nSPS) is 17.1. The second-order valence-electron chi connectivity index (χ2n) is 19.0. The van der Waals surface area contributed by atoms with E-state index in [2.05, 4.69) is 166 Å². The van der Waals surface area contributed by atoms with Crippen LogP contribution in [0, 0.1) is 52.4 Å². The van der Waals surface area contributed by atoms with E-state index in [4.69, 9.17) is 17.2 Å². The zero-order chi connectivity index (χ0) is 42.9. The zero-order valence-electron chi connectivity index (χ0n) is 37.1. The zero-order valence-corrected chi connectivity index (χ0v) is 42.3. The number of hydrogen-bond donors (Lipinski definition) is 2. The van der Waals surface area contributed by atoms with E-state index in [1.807, 2.05) is 13.8 Å². The van der Waals surface area contributed by atoms with Gasteiger partial charge in [0.15, 0.2) is 0 Å². The maximum absolute atomic E-state index is 13.9. The molecule has 4 aromatic carbocycles. The number of amides is 2. The van der Waals surface area contributed by atoms with Gasteiger partial charge in [-0.1, -0.05) is 0 Å². The number of carbonyl (C=O) groups is 2. The summed E-state index contributed by atoms with van der Waals surface area (Å²) in [5.74, 6) is -0.410. The van der Waals surface area contributed by atoms with E-state index < -0.39 is 27.8 Å². The number of halogens is 2. The van der Waals surface area contributed by atoms with Gasteiger partial charge in [0.25, 0.3) is 0 Å². The molecule has 2 N–H and O–H groups in total. The summed E-state index contributed by atoms with van der Waals surface area (Å²) in [7, 11) is 18.1. The molecule has 0 bridgehead atoms. The van der Waals surface area contributed by atoms with Crippen LogP contribution >= 0.6 is 17.2 Å². The van der Waals surface area contributed by atoms with Crippen LogP contribution < -0.4 is 10.5 Å². The molecule has 0 heterocycles. The van der Waals surface area contributed by atoms with Crippen molar-refractivity contribution in [2.24, 2.45) is 10.8 Å². The van der Waals surface area contributed by atoms with Gasteiger partial charge < -0.3 is 0 Å². The summed E-state index contributed by atoms with van der Waals surface area (Å²) in [6.45, 7) is 30.2. The van der Waals surface area contributed by atoms with Gasteiger partial charge in [-0.3, -0.25) is 0 Å². The maximum atomic E-state index is 13.9. The SMILES string of the molecule is CCC(=O)N[B](NC(=O)CC)[Hf]([Cl])([Cl])([CH]1C(C(C)(C)C)=Cc2c(-c3ccc(C)c(C)c3C)cccc21)[CH]1C(C(C)(C)C)=Cc2c(-c3ccc(C)c(C)c3C)cccc21. The van der Waals surface area contributed by atoms with E-state index in [0.717, 1.165) is 44.5 Å². The predicted molar refractivity (Wildman–Crippen MR) is 247 cm³/mol. The molecule has 0 aliphatic heterocycles. The number of benzene rings is 4. The fourth-order valence-electron chi connectivity index (χ4n) is 9.60. The Kier molecular flexibility index (Phi) is 12.0. The molecule has 2 unspecified atom stereocenters. The van der Waals surface area contributed by atoms with Crippen LogP contribution in [0.4, 0.5) is 0 Å². The Labute approximate surface area is 356 Å². The van der Waals surface area contributed by atoms with Gasteiger partial charge in [0, 0.05) is 0 Å². The van der Waals surface area contributed by atoms with Crippen LogP contribution in [0.25, 0.3) is 34.4 Å². The van der Waals surface area contributed by atoms with E-state index in [1.54, 1.807) is 0 Å². The van der Waals surface area contributed by atoms with Gasteiger partial charge >= 0.3 is 359 Å². The summed E-state index contributed by atoms with van der Waals surface area (Å²) in [5.41, 5.74) is 18.0. The summed E-state index contributed by atoms with van der Waals surface area (Å²) in [6.07, 6.45) is 5.13. The van der Waals surface area contributed by atoms with E-state index in [1.165, 1.54) is 44.5 Å². The fraction of sp³-hybridized carbons (Fsp3) is 0.400. The average molecular weight is 983 g/mol. The van der Waals surface area contributed by atoms with E-state index in [9.17, 15) is 9.59 Å². The van der Waals surface area contributed by atoms with Gasteiger partial charge in [-0.05, 0) is 0 Å². The predicted octanol–water partition coefficient (Wildman–Crippen LogP) is 13.6. The Hall–Kier alpha value is -3.18. The molecule has 305 valence electrons. The third-order valence-electron chi connectivity index (χ3n) is 13.5. The van der Waals surface area contributed by atoms with Crippen molar-refractivity contribution in [2.45, 2.75) is 117 Å². The van der Waals surface area contributed by atoms with E-state index in [0.29, 0.717) is 0 Å².